The minimum Gasteiger partial charge on any atom is -0.496 e. The van der Waals surface area contributed by atoms with Gasteiger partial charge in [-0.1, -0.05) is 0 Å². The number of hydrogen-bond donors (Lipinski definition) is 1. The quantitative estimate of drug-likeness (QED) is 0.548. The Balaban J connectivity index is 1.70. The summed E-state index contributed by atoms with van der Waals surface area (Å²) in [6.07, 6.45) is 1.43. The van der Waals surface area contributed by atoms with E-state index < -0.39 is 17.8 Å². The van der Waals surface area contributed by atoms with Gasteiger partial charge in [0, 0.05) is 36.5 Å². The van der Waals surface area contributed by atoms with E-state index in [-0.39, 0.29) is 18.1 Å². The number of nitrogens with zero attached hydrogens (tertiary/aromatic N) is 2. The number of rotatable bonds is 6. The number of carbonyl (C=O) groups excluding carboxylic acids is 3. The van der Waals surface area contributed by atoms with E-state index in [4.69, 9.17) is 14.2 Å². The Morgan fingerprint density at radius 1 is 1.06 bits per heavy atom. The lowest BCUT2D eigenvalue weighted by Gasteiger charge is -2.26. The van der Waals surface area contributed by atoms with Crippen LogP contribution in [0.25, 0.3) is 6.08 Å². The predicted octanol–water partition coefficient (Wildman–Crippen LogP) is 2.94. The van der Waals surface area contributed by atoms with Gasteiger partial charge in [-0.15, -0.1) is 0 Å². The second kappa shape index (κ2) is 8.62. The van der Waals surface area contributed by atoms with Gasteiger partial charge in [0.1, 0.15) is 11.3 Å². The summed E-state index contributed by atoms with van der Waals surface area (Å²) in [5, 5.41) is 2.22. The van der Waals surface area contributed by atoms with Crippen LogP contribution < -0.4 is 29.3 Å². The average Bonchev–Trinajstić information content (AvgIpc) is 3.26. The van der Waals surface area contributed by atoms with Crippen molar-refractivity contribution < 1.29 is 28.6 Å². The first kappa shape index (κ1) is 21.2. The number of amides is 4. The molecule has 32 heavy (non-hydrogen) atoms. The summed E-state index contributed by atoms with van der Waals surface area (Å²) in [5.41, 5.74) is 1.59. The monoisotopic (exact) mass is 437 g/mol. The maximum absolute atomic E-state index is 13.2. The molecule has 0 saturated carbocycles. The summed E-state index contributed by atoms with van der Waals surface area (Å²) in [6.45, 7) is 5.82. The van der Waals surface area contributed by atoms with Gasteiger partial charge >= 0.3 is 6.03 Å². The standard InChI is InChI=1S/C23H23N3O6/c1-4-25(5-2)15-7-6-14(19(11-15)30-3)10-17-21(27)24-23(29)26(22(17)28)16-8-9-18-20(12-16)32-13-31-18/h6-12H,4-5,13H2,1-3H3,(H,24,27,29)/b17-10+. The third-order valence-electron chi connectivity index (χ3n) is 5.36. The zero-order valence-corrected chi connectivity index (χ0v) is 18.0. The molecule has 2 aromatic carbocycles. The number of ether oxygens (including phenoxy) is 3. The van der Waals surface area contributed by atoms with E-state index in [0.29, 0.717) is 22.8 Å². The Hall–Kier alpha value is -4.01. The summed E-state index contributed by atoms with van der Waals surface area (Å²) >= 11 is 0. The molecule has 0 unspecified atom stereocenters. The average molecular weight is 437 g/mol. The van der Waals surface area contributed by atoms with Gasteiger partial charge in [-0.25, -0.2) is 9.69 Å². The third-order valence-corrected chi connectivity index (χ3v) is 5.36. The molecule has 9 heteroatoms. The summed E-state index contributed by atoms with van der Waals surface area (Å²) < 4.78 is 16.1. The molecule has 0 bridgehead atoms. The smallest absolute Gasteiger partial charge is 0.335 e. The molecule has 4 amide bonds. The largest absolute Gasteiger partial charge is 0.496 e. The number of methoxy groups -OCH3 is 1. The lowest BCUT2D eigenvalue weighted by Crippen LogP contribution is -2.54. The molecule has 0 aromatic heterocycles. The summed E-state index contributed by atoms with van der Waals surface area (Å²) in [4.78, 5) is 41.2. The Bertz CT molecular complexity index is 1120. The maximum Gasteiger partial charge on any atom is 0.335 e. The molecule has 2 aromatic rings. The number of hydrogen-bond acceptors (Lipinski definition) is 7. The second-order valence-electron chi connectivity index (χ2n) is 7.09. The Labute approximate surface area is 185 Å². The minimum atomic E-state index is -0.833. The third kappa shape index (κ3) is 3.73. The highest BCUT2D eigenvalue weighted by Crippen LogP contribution is 2.36. The van der Waals surface area contributed by atoms with Crippen molar-refractivity contribution in [3.05, 3.63) is 47.5 Å². The van der Waals surface area contributed by atoms with Crippen molar-refractivity contribution in [2.45, 2.75) is 13.8 Å². The molecule has 0 radical (unpaired) electrons. The number of nitrogens with one attached hydrogen (secondary N) is 1. The molecular formula is C23H23N3O6. The lowest BCUT2D eigenvalue weighted by atomic mass is 10.0. The summed E-state index contributed by atoms with van der Waals surface area (Å²) in [6, 6.07) is 9.37. The minimum absolute atomic E-state index is 0.0614. The van der Waals surface area contributed by atoms with Crippen molar-refractivity contribution in [3.8, 4) is 17.2 Å². The molecule has 1 fully saturated rings. The number of urea groups is 1. The van der Waals surface area contributed by atoms with Crippen LogP contribution in [0.4, 0.5) is 16.2 Å². The van der Waals surface area contributed by atoms with E-state index in [0.717, 1.165) is 23.7 Å². The number of anilines is 2. The molecule has 4 rings (SSSR count). The zero-order chi connectivity index (χ0) is 22.8. The van der Waals surface area contributed by atoms with Crippen LogP contribution in [0.3, 0.4) is 0 Å². The molecule has 1 N–H and O–H groups in total. The van der Waals surface area contributed by atoms with Gasteiger partial charge in [-0.2, -0.15) is 0 Å². The van der Waals surface area contributed by atoms with Crippen LogP contribution >= 0.6 is 0 Å². The van der Waals surface area contributed by atoms with Crippen molar-refractivity contribution in [2.75, 3.05) is 36.8 Å². The van der Waals surface area contributed by atoms with Gasteiger partial charge in [0.2, 0.25) is 6.79 Å². The van der Waals surface area contributed by atoms with E-state index in [1.165, 1.54) is 19.3 Å². The Kier molecular flexibility index (Phi) is 5.72. The Morgan fingerprint density at radius 3 is 2.53 bits per heavy atom. The van der Waals surface area contributed by atoms with E-state index >= 15 is 0 Å². The highest BCUT2D eigenvalue weighted by Gasteiger charge is 2.37. The molecule has 9 nitrogen and oxygen atoms in total. The topological polar surface area (TPSA) is 97.4 Å². The van der Waals surface area contributed by atoms with Gasteiger partial charge in [-0.05, 0) is 44.2 Å². The number of fused-ring (bicyclic) bond motifs is 1. The van der Waals surface area contributed by atoms with Crippen LogP contribution in [0.15, 0.2) is 42.0 Å². The number of benzene rings is 2. The molecule has 0 aliphatic carbocycles. The van der Waals surface area contributed by atoms with E-state index in [1.807, 2.05) is 12.1 Å². The Morgan fingerprint density at radius 2 is 1.81 bits per heavy atom. The van der Waals surface area contributed by atoms with Crippen molar-refractivity contribution in [2.24, 2.45) is 0 Å². The summed E-state index contributed by atoms with van der Waals surface area (Å²) in [7, 11) is 1.52. The van der Waals surface area contributed by atoms with E-state index in [9.17, 15) is 14.4 Å². The molecule has 2 heterocycles. The van der Waals surface area contributed by atoms with Gasteiger partial charge in [-0.3, -0.25) is 14.9 Å². The first-order valence-corrected chi connectivity index (χ1v) is 10.2. The number of barbiturate groups is 1. The first-order valence-electron chi connectivity index (χ1n) is 10.2. The second-order valence-corrected chi connectivity index (χ2v) is 7.09. The SMILES string of the molecule is CCN(CC)c1ccc(/C=C2\C(=O)NC(=O)N(c3ccc4c(c3)OCO4)C2=O)c(OC)c1. The van der Waals surface area contributed by atoms with Crippen molar-refractivity contribution >= 4 is 35.3 Å². The molecule has 1 saturated heterocycles. The van der Waals surface area contributed by atoms with Crippen molar-refractivity contribution in [1.29, 1.82) is 0 Å². The fourth-order valence-corrected chi connectivity index (χ4v) is 3.68. The molecule has 0 spiro atoms. The fourth-order valence-electron chi connectivity index (χ4n) is 3.68. The first-order chi connectivity index (χ1) is 15.5. The van der Waals surface area contributed by atoms with Crippen LogP contribution in [0.5, 0.6) is 17.2 Å². The predicted molar refractivity (Wildman–Crippen MR) is 118 cm³/mol. The lowest BCUT2D eigenvalue weighted by molar-refractivity contribution is -0.122. The highest BCUT2D eigenvalue weighted by molar-refractivity contribution is 6.39. The van der Waals surface area contributed by atoms with Gasteiger partial charge in [0.05, 0.1) is 12.8 Å². The van der Waals surface area contributed by atoms with Crippen LogP contribution in [0.1, 0.15) is 19.4 Å². The van der Waals surface area contributed by atoms with Gasteiger partial charge in [0.25, 0.3) is 11.8 Å². The number of carbonyl (C=O) groups is 3. The molecule has 166 valence electrons. The maximum atomic E-state index is 13.2. The van der Waals surface area contributed by atoms with E-state index in [1.54, 1.807) is 18.2 Å². The van der Waals surface area contributed by atoms with Crippen LogP contribution in [-0.4, -0.2) is 44.8 Å². The highest BCUT2D eigenvalue weighted by atomic mass is 16.7. The molecule has 0 atom stereocenters. The van der Waals surface area contributed by atoms with E-state index in [2.05, 4.69) is 24.1 Å². The van der Waals surface area contributed by atoms with Crippen molar-refractivity contribution in [3.63, 3.8) is 0 Å². The fraction of sp³-hybridized carbons (Fsp3) is 0.261. The molecular weight excluding hydrogens is 414 g/mol. The normalized spacial score (nSPS) is 16.4. The zero-order valence-electron chi connectivity index (χ0n) is 18.0. The molecule has 2 aliphatic heterocycles. The van der Waals surface area contributed by atoms with Crippen LogP contribution in [0.2, 0.25) is 0 Å². The molecule has 2 aliphatic rings. The number of imide groups is 2. The van der Waals surface area contributed by atoms with Gasteiger partial charge in [0.15, 0.2) is 11.5 Å². The van der Waals surface area contributed by atoms with Gasteiger partial charge < -0.3 is 19.1 Å². The summed E-state index contributed by atoms with van der Waals surface area (Å²) in [5.74, 6) is -0.0731. The van der Waals surface area contributed by atoms with Crippen LogP contribution in [-0.2, 0) is 9.59 Å². The van der Waals surface area contributed by atoms with Crippen molar-refractivity contribution in [1.82, 2.24) is 5.32 Å². The van der Waals surface area contributed by atoms with Crippen LogP contribution in [0, 0.1) is 0 Å².